The van der Waals surface area contributed by atoms with Gasteiger partial charge in [-0.2, -0.15) is 5.26 Å². The molecule has 0 aromatic heterocycles. The molecule has 0 aliphatic rings. The van der Waals surface area contributed by atoms with Gasteiger partial charge in [0.05, 0.1) is 13.2 Å². The molecule has 1 unspecified atom stereocenters. The Morgan fingerprint density at radius 2 is 2.00 bits per heavy atom. The second-order valence-electron chi connectivity index (χ2n) is 2.72. The summed E-state index contributed by atoms with van der Waals surface area (Å²) in [6.45, 7) is 1.81. The number of benzene rings is 1. The fourth-order valence-electron chi connectivity index (χ4n) is 0.970. The van der Waals surface area contributed by atoms with Gasteiger partial charge in [0.1, 0.15) is 11.8 Å². The molecule has 0 heterocycles. The molecule has 0 saturated carbocycles. The highest BCUT2D eigenvalue weighted by atomic mass is 16.5. The van der Waals surface area contributed by atoms with Crippen molar-refractivity contribution in [1.29, 1.82) is 5.26 Å². The van der Waals surface area contributed by atoms with Crippen LogP contribution in [-0.2, 0) is 0 Å². The van der Waals surface area contributed by atoms with Gasteiger partial charge in [-0.25, -0.2) is 0 Å². The number of hydrogen-bond acceptors (Lipinski definition) is 3. The van der Waals surface area contributed by atoms with Crippen molar-refractivity contribution in [2.45, 2.75) is 13.0 Å². The van der Waals surface area contributed by atoms with Crippen LogP contribution in [0.5, 0.6) is 5.75 Å². The zero-order chi connectivity index (χ0) is 9.68. The van der Waals surface area contributed by atoms with Gasteiger partial charge in [0.2, 0.25) is 0 Å². The van der Waals surface area contributed by atoms with Crippen LogP contribution in [0.3, 0.4) is 0 Å². The van der Waals surface area contributed by atoms with E-state index in [-0.39, 0.29) is 6.04 Å². The summed E-state index contributed by atoms with van der Waals surface area (Å²) >= 11 is 0. The highest BCUT2D eigenvalue weighted by Gasteiger charge is 1.98. The van der Waals surface area contributed by atoms with Crippen LogP contribution >= 0.6 is 0 Å². The van der Waals surface area contributed by atoms with Crippen molar-refractivity contribution < 1.29 is 4.74 Å². The van der Waals surface area contributed by atoms with E-state index in [1.807, 2.05) is 31.2 Å². The van der Waals surface area contributed by atoms with Crippen molar-refractivity contribution >= 4 is 5.69 Å². The molecule has 1 aromatic carbocycles. The first-order chi connectivity index (χ1) is 6.26. The van der Waals surface area contributed by atoms with Crippen molar-refractivity contribution in [3.8, 4) is 11.8 Å². The lowest BCUT2D eigenvalue weighted by molar-refractivity contribution is 0.415. The van der Waals surface area contributed by atoms with Gasteiger partial charge in [-0.1, -0.05) is 0 Å². The topological polar surface area (TPSA) is 45.0 Å². The Hall–Kier alpha value is -1.69. The Morgan fingerprint density at radius 1 is 1.38 bits per heavy atom. The molecule has 1 N–H and O–H groups in total. The zero-order valence-corrected chi connectivity index (χ0v) is 7.74. The van der Waals surface area contributed by atoms with Gasteiger partial charge in [-0.3, -0.25) is 0 Å². The lowest BCUT2D eigenvalue weighted by atomic mass is 10.2. The molecule has 3 nitrogen and oxygen atoms in total. The molecule has 0 bridgehead atoms. The van der Waals surface area contributed by atoms with Crippen LogP contribution in [0.2, 0.25) is 0 Å². The van der Waals surface area contributed by atoms with Crippen molar-refractivity contribution in [1.82, 2.24) is 0 Å². The average Bonchev–Trinajstić information content (AvgIpc) is 2.19. The maximum absolute atomic E-state index is 8.56. The van der Waals surface area contributed by atoms with Crippen LogP contribution in [0.1, 0.15) is 6.92 Å². The standard InChI is InChI=1S/C10H12N2O/c1-8(7-11)12-9-3-5-10(13-2)6-4-9/h3-6,8,12H,1-2H3. The van der Waals surface area contributed by atoms with E-state index in [4.69, 9.17) is 10.00 Å². The molecule has 13 heavy (non-hydrogen) atoms. The first-order valence-electron chi connectivity index (χ1n) is 4.06. The van der Waals surface area contributed by atoms with E-state index < -0.39 is 0 Å². The molecular formula is C10H12N2O. The second kappa shape index (κ2) is 4.36. The Balaban J connectivity index is 2.65. The van der Waals surface area contributed by atoms with E-state index in [9.17, 15) is 0 Å². The minimum atomic E-state index is -0.173. The van der Waals surface area contributed by atoms with Crippen molar-refractivity contribution in [2.24, 2.45) is 0 Å². The predicted molar refractivity (Wildman–Crippen MR) is 51.7 cm³/mol. The third-order valence-corrected chi connectivity index (χ3v) is 1.67. The Labute approximate surface area is 77.9 Å². The van der Waals surface area contributed by atoms with Crippen LogP contribution in [0.15, 0.2) is 24.3 Å². The number of hydrogen-bond donors (Lipinski definition) is 1. The highest BCUT2D eigenvalue weighted by molar-refractivity contribution is 5.47. The molecule has 0 aliphatic heterocycles. The molecule has 0 aliphatic carbocycles. The predicted octanol–water partition coefficient (Wildman–Crippen LogP) is 2.02. The third kappa shape index (κ3) is 2.68. The van der Waals surface area contributed by atoms with Crippen molar-refractivity contribution in [3.05, 3.63) is 24.3 Å². The van der Waals surface area contributed by atoms with E-state index in [1.54, 1.807) is 7.11 Å². The van der Waals surface area contributed by atoms with Crippen LogP contribution in [0.4, 0.5) is 5.69 Å². The van der Waals surface area contributed by atoms with E-state index in [2.05, 4.69) is 11.4 Å². The summed E-state index contributed by atoms with van der Waals surface area (Å²) in [6, 6.07) is 9.40. The number of nitrogens with zero attached hydrogens (tertiary/aromatic N) is 1. The molecule has 0 saturated heterocycles. The molecule has 1 aromatic rings. The number of ether oxygens (including phenoxy) is 1. The van der Waals surface area contributed by atoms with Gasteiger partial charge in [0.15, 0.2) is 0 Å². The molecule has 0 fully saturated rings. The van der Waals surface area contributed by atoms with E-state index >= 15 is 0 Å². The lowest BCUT2D eigenvalue weighted by Gasteiger charge is -2.07. The number of anilines is 1. The summed E-state index contributed by atoms with van der Waals surface area (Å²) in [5, 5.41) is 11.6. The van der Waals surface area contributed by atoms with Crippen LogP contribution in [0, 0.1) is 11.3 Å². The lowest BCUT2D eigenvalue weighted by Crippen LogP contribution is -2.11. The van der Waals surface area contributed by atoms with Crippen LogP contribution in [-0.4, -0.2) is 13.2 Å². The summed E-state index contributed by atoms with van der Waals surface area (Å²) in [7, 11) is 1.63. The monoisotopic (exact) mass is 176 g/mol. The molecule has 1 rings (SSSR count). The largest absolute Gasteiger partial charge is 0.497 e. The quantitative estimate of drug-likeness (QED) is 0.766. The molecule has 0 radical (unpaired) electrons. The van der Waals surface area contributed by atoms with Crippen LogP contribution in [0.25, 0.3) is 0 Å². The summed E-state index contributed by atoms with van der Waals surface area (Å²) in [5.41, 5.74) is 0.926. The van der Waals surface area contributed by atoms with Gasteiger partial charge < -0.3 is 10.1 Å². The summed E-state index contributed by atoms with van der Waals surface area (Å²) in [4.78, 5) is 0. The van der Waals surface area contributed by atoms with E-state index in [1.165, 1.54) is 0 Å². The summed E-state index contributed by atoms with van der Waals surface area (Å²) < 4.78 is 5.01. The molecule has 3 heteroatoms. The van der Waals surface area contributed by atoms with Gasteiger partial charge >= 0.3 is 0 Å². The SMILES string of the molecule is COc1ccc(NC(C)C#N)cc1. The van der Waals surface area contributed by atoms with E-state index in [0.29, 0.717) is 0 Å². The second-order valence-corrected chi connectivity index (χ2v) is 2.72. The van der Waals surface area contributed by atoms with Gasteiger partial charge in [0.25, 0.3) is 0 Å². The maximum Gasteiger partial charge on any atom is 0.119 e. The van der Waals surface area contributed by atoms with Crippen LogP contribution < -0.4 is 10.1 Å². The number of nitriles is 1. The Kier molecular flexibility index (Phi) is 3.15. The minimum Gasteiger partial charge on any atom is -0.497 e. The smallest absolute Gasteiger partial charge is 0.119 e. The number of methoxy groups -OCH3 is 1. The fourth-order valence-corrected chi connectivity index (χ4v) is 0.970. The van der Waals surface area contributed by atoms with Gasteiger partial charge in [-0.05, 0) is 31.2 Å². The number of rotatable bonds is 3. The Morgan fingerprint density at radius 3 is 2.46 bits per heavy atom. The first-order valence-corrected chi connectivity index (χ1v) is 4.06. The van der Waals surface area contributed by atoms with Gasteiger partial charge in [0, 0.05) is 5.69 Å². The van der Waals surface area contributed by atoms with Crippen molar-refractivity contribution in [2.75, 3.05) is 12.4 Å². The van der Waals surface area contributed by atoms with Crippen molar-refractivity contribution in [3.63, 3.8) is 0 Å². The highest BCUT2D eigenvalue weighted by Crippen LogP contribution is 2.15. The maximum atomic E-state index is 8.56. The molecule has 1 atom stereocenters. The van der Waals surface area contributed by atoms with Gasteiger partial charge in [-0.15, -0.1) is 0 Å². The average molecular weight is 176 g/mol. The third-order valence-electron chi connectivity index (χ3n) is 1.67. The summed E-state index contributed by atoms with van der Waals surface area (Å²) in [6.07, 6.45) is 0. The fraction of sp³-hybridized carbons (Fsp3) is 0.300. The first kappa shape index (κ1) is 9.40. The normalized spacial score (nSPS) is 11.5. The Bertz CT molecular complexity index is 300. The molecule has 0 spiro atoms. The van der Waals surface area contributed by atoms with E-state index in [0.717, 1.165) is 11.4 Å². The molecule has 68 valence electrons. The summed E-state index contributed by atoms with van der Waals surface area (Å²) in [5.74, 6) is 0.815. The minimum absolute atomic E-state index is 0.173. The molecule has 0 amide bonds. The number of nitrogens with one attached hydrogen (secondary N) is 1. The molecular weight excluding hydrogens is 164 g/mol. The zero-order valence-electron chi connectivity index (χ0n) is 7.74.